The predicted molar refractivity (Wildman–Crippen MR) is 221 cm³/mol. The number of fused-ring (bicyclic) bond motifs is 9. The number of nitrogens with zero attached hydrogens (tertiary/aromatic N) is 3. The first kappa shape index (κ1) is 31.7. The van der Waals surface area contributed by atoms with Crippen molar-refractivity contribution in [1.82, 2.24) is 15.0 Å². The van der Waals surface area contributed by atoms with Gasteiger partial charge in [0.15, 0.2) is 34.6 Å². The Morgan fingerprint density at radius 2 is 1.25 bits per heavy atom. The fourth-order valence-corrected chi connectivity index (χ4v) is 8.61. The van der Waals surface area contributed by atoms with E-state index < -0.39 is 0 Å². The number of hydrogen-bond acceptors (Lipinski definition) is 5. The molecule has 7 aromatic carbocycles. The Kier molecular flexibility index (Phi) is 6.96. The second-order valence-corrected chi connectivity index (χ2v) is 15.1. The molecule has 0 spiro atoms. The van der Waals surface area contributed by atoms with Crippen molar-refractivity contribution in [3.8, 4) is 68.0 Å². The molecule has 11 rings (SSSR count). The number of allylic oxidation sites excluding steroid dienone is 4. The normalized spacial score (nSPS) is 15.9. The highest BCUT2D eigenvalue weighted by Gasteiger charge is 2.39. The molecule has 3 aliphatic rings. The number of ether oxygens (including phenoxy) is 2. The van der Waals surface area contributed by atoms with E-state index >= 15 is 0 Å². The Morgan fingerprint density at radius 3 is 2.13 bits per heavy atom. The Hall–Kier alpha value is -6.85. The summed E-state index contributed by atoms with van der Waals surface area (Å²) in [6.07, 6.45) is 9.34. The van der Waals surface area contributed by atoms with Gasteiger partial charge in [0.25, 0.3) is 0 Å². The quantitative estimate of drug-likeness (QED) is 0.170. The van der Waals surface area contributed by atoms with Gasteiger partial charge >= 0.3 is 0 Å². The van der Waals surface area contributed by atoms with Crippen molar-refractivity contribution >= 4 is 21.5 Å². The molecule has 1 aromatic heterocycles. The molecule has 0 radical (unpaired) electrons. The Bertz CT molecular complexity index is 2940. The zero-order valence-corrected chi connectivity index (χ0v) is 30.5. The molecule has 0 amide bonds. The van der Waals surface area contributed by atoms with Gasteiger partial charge in [-0.3, -0.25) is 0 Å². The summed E-state index contributed by atoms with van der Waals surface area (Å²) in [5.41, 5.74) is 8.60. The summed E-state index contributed by atoms with van der Waals surface area (Å²) >= 11 is 0. The van der Waals surface area contributed by atoms with Gasteiger partial charge in [-0.1, -0.05) is 153 Å². The lowest BCUT2D eigenvalue weighted by Crippen LogP contribution is -2.15. The molecule has 262 valence electrons. The average molecular weight is 710 g/mol. The molecule has 5 nitrogen and oxygen atoms in total. The molecule has 1 unspecified atom stereocenters. The zero-order valence-electron chi connectivity index (χ0n) is 30.5. The highest BCUT2D eigenvalue weighted by atomic mass is 16.6. The summed E-state index contributed by atoms with van der Waals surface area (Å²) in [4.78, 5) is 15.2. The summed E-state index contributed by atoms with van der Waals surface area (Å²) in [7, 11) is 0. The van der Waals surface area contributed by atoms with Crippen LogP contribution in [-0.4, -0.2) is 15.0 Å². The maximum absolute atomic E-state index is 6.74. The van der Waals surface area contributed by atoms with Crippen LogP contribution in [-0.2, 0) is 5.41 Å². The lowest BCUT2D eigenvalue weighted by atomic mass is 9.82. The van der Waals surface area contributed by atoms with Crippen LogP contribution in [0.2, 0.25) is 0 Å². The molecular weight excluding hydrogens is 675 g/mol. The van der Waals surface area contributed by atoms with Crippen LogP contribution in [0.15, 0.2) is 158 Å². The Morgan fingerprint density at radius 1 is 0.545 bits per heavy atom. The molecule has 8 aromatic rings. The Balaban J connectivity index is 0.957. The minimum Gasteiger partial charge on any atom is -0.449 e. The number of hydrogen-bond donors (Lipinski definition) is 0. The van der Waals surface area contributed by atoms with Crippen LogP contribution in [0, 0.1) is 0 Å². The second kappa shape index (κ2) is 12.1. The minimum atomic E-state index is -0.122. The Labute approximate surface area is 319 Å². The monoisotopic (exact) mass is 709 g/mol. The van der Waals surface area contributed by atoms with E-state index in [-0.39, 0.29) is 11.3 Å². The van der Waals surface area contributed by atoms with E-state index in [1.165, 1.54) is 32.8 Å². The van der Waals surface area contributed by atoms with Crippen LogP contribution in [0.3, 0.4) is 0 Å². The van der Waals surface area contributed by atoms with E-state index in [0.29, 0.717) is 23.1 Å². The van der Waals surface area contributed by atoms with Crippen molar-refractivity contribution in [3.05, 3.63) is 175 Å². The number of aromatic nitrogens is 3. The fraction of sp³-hybridized carbons (Fsp3) is 0.100. The largest absolute Gasteiger partial charge is 0.449 e. The molecule has 5 heteroatoms. The smallest absolute Gasteiger partial charge is 0.178 e. The van der Waals surface area contributed by atoms with E-state index in [1.807, 2.05) is 12.1 Å². The minimum absolute atomic E-state index is 0.0748. The van der Waals surface area contributed by atoms with E-state index in [9.17, 15) is 0 Å². The van der Waals surface area contributed by atoms with E-state index in [4.69, 9.17) is 24.4 Å². The van der Waals surface area contributed by atoms with Gasteiger partial charge in [0.2, 0.25) is 0 Å². The van der Waals surface area contributed by atoms with Crippen LogP contribution in [0.5, 0.6) is 23.0 Å². The van der Waals surface area contributed by atoms with Gasteiger partial charge in [0.1, 0.15) is 5.82 Å². The van der Waals surface area contributed by atoms with E-state index in [0.717, 1.165) is 56.9 Å². The summed E-state index contributed by atoms with van der Waals surface area (Å²) in [6.45, 7) is 4.55. The summed E-state index contributed by atoms with van der Waals surface area (Å²) in [6, 6.07) is 46.7. The zero-order chi connectivity index (χ0) is 36.7. The van der Waals surface area contributed by atoms with Crippen molar-refractivity contribution < 1.29 is 9.47 Å². The van der Waals surface area contributed by atoms with Gasteiger partial charge in [0.05, 0.1) is 0 Å². The van der Waals surface area contributed by atoms with Crippen molar-refractivity contribution in [3.63, 3.8) is 0 Å². The maximum Gasteiger partial charge on any atom is 0.178 e. The third-order valence-electron chi connectivity index (χ3n) is 11.5. The van der Waals surface area contributed by atoms with Crippen molar-refractivity contribution in [2.45, 2.75) is 31.6 Å². The highest BCUT2D eigenvalue weighted by Crippen LogP contribution is 2.59. The lowest BCUT2D eigenvalue weighted by molar-refractivity contribution is 0.361. The van der Waals surface area contributed by atoms with Gasteiger partial charge in [0, 0.05) is 33.6 Å². The third-order valence-corrected chi connectivity index (χ3v) is 11.5. The van der Waals surface area contributed by atoms with Crippen LogP contribution in [0.1, 0.15) is 43.1 Å². The maximum atomic E-state index is 6.74. The standard InChI is InChI=1S/C50H35N3O2/c1-50(2)40-17-9-8-15-39(40)44-41(50)27-28-43-46(44)55-42-18-10-16-38(45(42)54-43)31-19-22-33(23-20-31)48-51-47(32-12-4-3-5-13-32)52-49(53-48)35-25-26-37-34(29-35)24-21-30-11-6-7-14-36(30)37/h3-12,14-29,32H,13H2,1-2H3. The van der Waals surface area contributed by atoms with Crippen molar-refractivity contribution in [1.29, 1.82) is 0 Å². The summed E-state index contributed by atoms with van der Waals surface area (Å²) < 4.78 is 13.5. The van der Waals surface area contributed by atoms with E-state index in [1.54, 1.807) is 0 Å². The van der Waals surface area contributed by atoms with E-state index in [2.05, 4.69) is 159 Å². The average Bonchev–Trinajstić information content (AvgIpc) is 3.48. The predicted octanol–water partition coefficient (Wildman–Crippen LogP) is 13.0. The highest BCUT2D eigenvalue weighted by molar-refractivity contribution is 6.08. The molecule has 2 heterocycles. The molecule has 0 saturated carbocycles. The molecular formula is C50H35N3O2. The molecule has 0 N–H and O–H groups in total. The third kappa shape index (κ3) is 5.04. The summed E-state index contributed by atoms with van der Waals surface area (Å²) in [5, 5.41) is 4.84. The molecule has 55 heavy (non-hydrogen) atoms. The van der Waals surface area contributed by atoms with Crippen molar-refractivity contribution in [2.24, 2.45) is 0 Å². The number of para-hydroxylation sites is 1. The van der Waals surface area contributed by atoms with Gasteiger partial charge in [-0.05, 0) is 68.4 Å². The first-order valence-electron chi connectivity index (χ1n) is 18.9. The fourth-order valence-electron chi connectivity index (χ4n) is 8.61. The van der Waals surface area contributed by atoms with Crippen LogP contribution < -0.4 is 9.47 Å². The second-order valence-electron chi connectivity index (χ2n) is 15.1. The number of rotatable bonds is 4. The summed E-state index contributed by atoms with van der Waals surface area (Å²) in [5.74, 6) is 5.07. The molecule has 1 aliphatic heterocycles. The first-order valence-corrected chi connectivity index (χ1v) is 18.9. The van der Waals surface area contributed by atoms with Gasteiger partial charge < -0.3 is 9.47 Å². The van der Waals surface area contributed by atoms with Crippen LogP contribution >= 0.6 is 0 Å². The molecule has 0 bridgehead atoms. The molecule has 0 saturated heterocycles. The SMILES string of the molecule is CC1(C)c2ccccc2-c2c1ccc1c2Oc2cccc(-c3ccc(-c4nc(-c5ccc6c(ccc7ccccc76)c5)nc(C5C=CC=CC5)n4)cc3)c2O1. The molecule has 1 atom stereocenters. The lowest BCUT2D eigenvalue weighted by Gasteiger charge is -2.26. The first-order chi connectivity index (χ1) is 27.0. The molecule has 0 fully saturated rings. The van der Waals surface area contributed by atoms with Gasteiger partial charge in [-0.25, -0.2) is 15.0 Å². The van der Waals surface area contributed by atoms with Gasteiger partial charge in [-0.2, -0.15) is 0 Å². The van der Waals surface area contributed by atoms with Crippen molar-refractivity contribution in [2.75, 3.05) is 0 Å². The molecule has 2 aliphatic carbocycles. The van der Waals surface area contributed by atoms with Gasteiger partial charge in [-0.15, -0.1) is 0 Å². The topological polar surface area (TPSA) is 57.1 Å². The van der Waals surface area contributed by atoms with Crippen LogP contribution in [0.4, 0.5) is 0 Å². The number of benzene rings is 7. The van der Waals surface area contributed by atoms with Crippen LogP contribution in [0.25, 0.3) is 66.6 Å².